The van der Waals surface area contributed by atoms with Gasteiger partial charge >= 0.3 is 0 Å². The summed E-state index contributed by atoms with van der Waals surface area (Å²) in [6, 6.07) is 7.05. The first-order valence-electron chi connectivity index (χ1n) is 3.68. The largest absolute Gasteiger partial charge is 0.296 e. The molecule has 0 bridgehead atoms. The summed E-state index contributed by atoms with van der Waals surface area (Å²) in [6.45, 7) is 0. The molecule has 0 amide bonds. The Morgan fingerprint density at radius 2 is 2.38 bits per heavy atom. The van der Waals surface area contributed by atoms with Crippen molar-refractivity contribution in [2.45, 2.75) is 0 Å². The van der Waals surface area contributed by atoms with Crippen molar-refractivity contribution in [1.82, 2.24) is 10.2 Å². The molecule has 2 aromatic rings. The average Bonchev–Trinajstić information content (AvgIpc) is 2.59. The molecule has 0 saturated heterocycles. The lowest BCUT2D eigenvalue weighted by Crippen LogP contribution is -1.79. The highest BCUT2D eigenvalue weighted by Crippen LogP contribution is 2.15. The topological polar surface area (TPSA) is 69.5 Å². The van der Waals surface area contributed by atoms with Gasteiger partial charge < -0.3 is 0 Å². The van der Waals surface area contributed by atoms with Crippen LogP contribution in [0.15, 0.2) is 18.2 Å². The number of H-pyrrole nitrogens is 1. The predicted octanol–water partition coefficient (Wildman–Crippen LogP) is 1.25. The summed E-state index contributed by atoms with van der Waals surface area (Å²) in [5.41, 5.74) is 1.63. The maximum atomic E-state index is 10.5. The van der Waals surface area contributed by atoms with Gasteiger partial charge in [-0.2, -0.15) is 10.4 Å². The smallest absolute Gasteiger partial charge is 0.170 e. The molecule has 0 atom stereocenters. The van der Waals surface area contributed by atoms with Crippen molar-refractivity contribution >= 4 is 17.2 Å². The SMILES string of the molecule is N#Cc1ccc2[nH]nc(C=O)c2c1. The second-order valence-electron chi connectivity index (χ2n) is 2.60. The molecule has 0 aliphatic heterocycles. The number of carbonyl (C=O) groups is 1. The van der Waals surface area contributed by atoms with E-state index < -0.39 is 0 Å². The quantitative estimate of drug-likeness (QED) is 0.656. The number of hydrogen-bond donors (Lipinski definition) is 1. The number of nitrogens with zero attached hydrogens (tertiary/aromatic N) is 2. The third-order valence-corrected chi connectivity index (χ3v) is 1.83. The van der Waals surface area contributed by atoms with E-state index in [0.717, 1.165) is 5.52 Å². The fraction of sp³-hybridized carbons (Fsp3) is 0. The zero-order valence-electron chi connectivity index (χ0n) is 6.61. The molecule has 0 fully saturated rings. The zero-order chi connectivity index (χ0) is 9.26. The third kappa shape index (κ3) is 1.07. The number of rotatable bonds is 1. The summed E-state index contributed by atoms with van der Waals surface area (Å²) in [5.74, 6) is 0. The van der Waals surface area contributed by atoms with Crippen molar-refractivity contribution in [3.63, 3.8) is 0 Å². The van der Waals surface area contributed by atoms with Gasteiger partial charge in [0.15, 0.2) is 6.29 Å². The lowest BCUT2D eigenvalue weighted by molar-refractivity contribution is 0.112. The summed E-state index contributed by atoms with van der Waals surface area (Å²) in [4.78, 5) is 10.5. The summed E-state index contributed by atoms with van der Waals surface area (Å²) in [6.07, 6.45) is 0.667. The minimum atomic E-state index is 0.340. The van der Waals surface area contributed by atoms with E-state index in [1.807, 2.05) is 6.07 Å². The van der Waals surface area contributed by atoms with Crippen molar-refractivity contribution in [1.29, 1.82) is 5.26 Å². The molecule has 0 saturated carbocycles. The van der Waals surface area contributed by atoms with Crippen molar-refractivity contribution in [2.24, 2.45) is 0 Å². The van der Waals surface area contributed by atoms with Crippen LogP contribution in [0.25, 0.3) is 10.9 Å². The second kappa shape index (κ2) is 2.72. The number of nitriles is 1. The Kier molecular flexibility index (Phi) is 1.57. The van der Waals surface area contributed by atoms with Gasteiger partial charge in [0.2, 0.25) is 0 Å². The lowest BCUT2D eigenvalue weighted by atomic mass is 10.1. The lowest BCUT2D eigenvalue weighted by Gasteiger charge is -1.89. The molecule has 0 spiro atoms. The molecule has 1 N–H and O–H groups in total. The van der Waals surface area contributed by atoms with Gasteiger partial charge in [-0.15, -0.1) is 0 Å². The van der Waals surface area contributed by atoms with Crippen molar-refractivity contribution in [3.05, 3.63) is 29.5 Å². The van der Waals surface area contributed by atoms with Gasteiger partial charge in [-0.25, -0.2) is 0 Å². The highest BCUT2D eigenvalue weighted by molar-refractivity contribution is 5.95. The van der Waals surface area contributed by atoms with E-state index >= 15 is 0 Å². The van der Waals surface area contributed by atoms with Crippen LogP contribution in [0.2, 0.25) is 0 Å². The van der Waals surface area contributed by atoms with Crippen LogP contribution in [0.3, 0.4) is 0 Å². The molecule has 4 nitrogen and oxygen atoms in total. The van der Waals surface area contributed by atoms with Crippen LogP contribution >= 0.6 is 0 Å². The molecule has 4 heteroatoms. The fourth-order valence-corrected chi connectivity index (χ4v) is 1.19. The molecule has 0 aliphatic rings. The third-order valence-electron chi connectivity index (χ3n) is 1.83. The second-order valence-corrected chi connectivity index (χ2v) is 2.60. The Hall–Kier alpha value is -2.15. The molecular weight excluding hydrogens is 166 g/mol. The van der Waals surface area contributed by atoms with E-state index in [1.54, 1.807) is 18.2 Å². The average molecular weight is 171 g/mol. The van der Waals surface area contributed by atoms with Crippen molar-refractivity contribution in [2.75, 3.05) is 0 Å². The number of aldehydes is 1. The Bertz CT molecular complexity index is 507. The Morgan fingerprint density at radius 3 is 3.08 bits per heavy atom. The predicted molar refractivity (Wildman–Crippen MR) is 46.2 cm³/mol. The maximum absolute atomic E-state index is 10.5. The molecule has 0 unspecified atom stereocenters. The molecule has 13 heavy (non-hydrogen) atoms. The molecule has 1 heterocycles. The minimum absolute atomic E-state index is 0.340. The van der Waals surface area contributed by atoms with E-state index in [1.165, 1.54) is 0 Å². The molecule has 2 rings (SSSR count). The fourth-order valence-electron chi connectivity index (χ4n) is 1.19. The molecule has 62 valence electrons. The van der Waals surface area contributed by atoms with Gasteiger partial charge in [-0.05, 0) is 18.2 Å². The molecule has 1 aromatic carbocycles. The van der Waals surface area contributed by atoms with Gasteiger partial charge in [0.1, 0.15) is 5.69 Å². The monoisotopic (exact) mass is 171 g/mol. The van der Waals surface area contributed by atoms with E-state index in [-0.39, 0.29) is 0 Å². The number of nitrogens with one attached hydrogen (secondary N) is 1. The van der Waals surface area contributed by atoms with E-state index in [0.29, 0.717) is 22.9 Å². The highest BCUT2D eigenvalue weighted by Gasteiger charge is 2.04. The number of carbonyl (C=O) groups excluding carboxylic acids is 1. The highest BCUT2D eigenvalue weighted by atomic mass is 16.1. The van der Waals surface area contributed by atoms with Gasteiger partial charge in [0.05, 0.1) is 17.1 Å². The zero-order valence-corrected chi connectivity index (χ0v) is 6.61. The van der Waals surface area contributed by atoms with Gasteiger partial charge in [0.25, 0.3) is 0 Å². The molecule has 1 aromatic heterocycles. The minimum Gasteiger partial charge on any atom is -0.296 e. The van der Waals surface area contributed by atoms with Crippen molar-refractivity contribution < 1.29 is 4.79 Å². The Labute approximate surface area is 73.8 Å². The Morgan fingerprint density at radius 1 is 1.54 bits per heavy atom. The summed E-state index contributed by atoms with van der Waals surface area (Å²) in [5, 5.41) is 15.8. The van der Waals surface area contributed by atoms with Gasteiger partial charge in [0, 0.05) is 5.39 Å². The Balaban J connectivity index is 2.80. The van der Waals surface area contributed by atoms with Crippen LogP contribution in [0.5, 0.6) is 0 Å². The number of aromatic amines is 1. The van der Waals surface area contributed by atoms with Crippen LogP contribution < -0.4 is 0 Å². The van der Waals surface area contributed by atoms with E-state index in [2.05, 4.69) is 10.2 Å². The van der Waals surface area contributed by atoms with Crippen LogP contribution in [-0.4, -0.2) is 16.5 Å². The summed E-state index contributed by atoms with van der Waals surface area (Å²) < 4.78 is 0. The first-order valence-corrected chi connectivity index (χ1v) is 3.68. The number of fused-ring (bicyclic) bond motifs is 1. The first-order chi connectivity index (χ1) is 6.35. The molecule has 0 aliphatic carbocycles. The van der Waals surface area contributed by atoms with Gasteiger partial charge in [-0.3, -0.25) is 9.89 Å². The summed E-state index contributed by atoms with van der Waals surface area (Å²) in [7, 11) is 0. The van der Waals surface area contributed by atoms with Crippen LogP contribution in [0, 0.1) is 11.3 Å². The van der Waals surface area contributed by atoms with Crippen LogP contribution in [-0.2, 0) is 0 Å². The number of hydrogen-bond acceptors (Lipinski definition) is 3. The van der Waals surface area contributed by atoms with Crippen LogP contribution in [0.4, 0.5) is 0 Å². The normalized spacial score (nSPS) is 9.77. The molecule has 0 radical (unpaired) electrons. The molecular formula is C9H5N3O. The van der Waals surface area contributed by atoms with E-state index in [9.17, 15) is 4.79 Å². The first kappa shape index (κ1) is 7.50. The van der Waals surface area contributed by atoms with Crippen molar-refractivity contribution in [3.8, 4) is 6.07 Å². The number of benzene rings is 1. The van der Waals surface area contributed by atoms with Gasteiger partial charge in [-0.1, -0.05) is 0 Å². The van der Waals surface area contributed by atoms with Crippen LogP contribution in [0.1, 0.15) is 16.1 Å². The van der Waals surface area contributed by atoms with E-state index in [4.69, 9.17) is 5.26 Å². The number of aromatic nitrogens is 2. The maximum Gasteiger partial charge on any atom is 0.170 e. The standard InChI is InChI=1S/C9H5N3O/c10-4-6-1-2-8-7(3-6)9(5-13)12-11-8/h1-3,5H,(H,11,12). The summed E-state index contributed by atoms with van der Waals surface area (Å²) >= 11 is 0.